The van der Waals surface area contributed by atoms with Crippen LogP contribution in [0.1, 0.15) is 26.0 Å². The van der Waals surface area contributed by atoms with Gasteiger partial charge in [0, 0.05) is 55.3 Å². The van der Waals surface area contributed by atoms with Gasteiger partial charge in [0.15, 0.2) is 5.78 Å². The maximum atomic E-state index is 12.3. The molecule has 2 rings (SSSR count). The van der Waals surface area contributed by atoms with Crippen molar-refractivity contribution in [1.82, 2.24) is 9.97 Å². The fourth-order valence-corrected chi connectivity index (χ4v) is 3.12. The van der Waals surface area contributed by atoms with Gasteiger partial charge in [0.25, 0.3) is 0 Å². The van der Waals surface area contributed by atoms with Gasteiger partial charge in [-0.25, -0.2) is 0 Å². The summed E-state index contributed by atoms with van der Waals surface area (Å²) in [5.74, 6) is -0.319. The number of carbonyl (C=O) groups excluding carboxylic acids is 1. The maximum absolute atomic E-state index is 12.3. The quantitative estimate of drug-likeness (QED) is 0.389. The van der Waals surface area contributed by atoms with Crippen LogP contribution in [0.3, 0.4) is 0 Å². The van der Waals surface area contributed by atoms with Gasteiger partial charge in [-0.1, -0.05) is 13.8 Å². The number of H-pyrrole nitrogens is 1. The number of Topliss-reactive ketones (excluding diaryl/α,β-unsaturated/α-hetero) is 1. The van der Waals surface area contributed by atoms with Gasteiger partial charge >= 0.3 is 0 Å². The molecular formula is C19H25N3O5. The summed E-state index contributed by atoms with van der Waals surface area (Å²) < 4.78 is 9.93. The van der Waals surface area contributed by atoms with E-state index in [9.17, 15) is 14.9 Å². The highest BCUT2D eigenvalue weighted by molar-refractivity contribution is 5.82. The Hall–Kier alpha value is -2.58. The summed E-state index contributed by atoms with van der Waals surface area (Å²) in [6.45, 7) is 3.43. The molecule has 8 nitrogen and oxygen atoms in total. The van der Waals surface area contributed by atoms with E-state index in [-0.39, 0.29) is 23.5 Å². The predicted octanol–water partition coefficient (Wildman–Crippen LogP) is 2.87. The molecule has 0 aliphatic carbocycles. The molecule has 0 aromatic carbocycles. The van der Waals surface area contributed by atoms with Crippen molar-refractivity contribution in [2.24, 2.45) is 5.41 Å². The molecular weight excluding hydrogens is 350 g/mol. The third-order valence-corrected chi connectivity index (χ3v) is 4.65. The number of pyridine rings is 1. The molecule has 1 N–H and O–H groups in total. The van der Waals surface area contributed by atoms with E-state index in [0.717, 1.165) is 16.8 Å². The highest BCUT2D eigenvalue weighted by atomic mass is 16.7. The number of carbonyl (C=O) groups is 1. The van der Waals surface area contributed by atoms with E-state index in [1.165, 1.54) is 14.2 Å². The number of nitro groups is 1. The van der Waals surface area contributed by atoms with Crippen molar-refractivity contribution in [2.45, 2.75) is 39.0 Å². The molecule has 8 heteroatoms. The summed E-state index contributed by atoms with van der Waals surface area (Å²) in [5.41, 5.74) is 1.77. The van der Waals surface area contributed by atoms with Crippen LogP contribution in [-0.2, 0) is 20.7 Å². The molecule has 1 atom stereocenters. The standard InChI is InChI=1S/C19H25N3O5/c1-19(2,11-16(23)18(26-3)27-4)17(22(24)25)10-15-9-14(12-21-15)13-5-7-20-8-6-13/h5-9,12,17-18,21H,10-11H2,1-4H3. The van der Waals surface area contributed by atoms with E-state index in [1.807, 2.05) is 24.4 Å². The van der Waals surface area contributed by atoms with Crippen LogP contribution in [0, 0.1) is 15.5 Å². The Labute approximate surface area is 158 Å². The lowest BCUT2D eigenvalue weighted by Gasteiger charge is -2.28. The van der Waals surface area contributed by atoms with Crippen LogP contribution in [0.4, 0.5) is 0 Å². The second-order valence-electron chi connectivity index (χ2n) is 7.09. The van der Waals surface area contributed by atoms with Gasteiger partial charge in [-0.3, -0.25) is 19.9 Å². The lowest BCUT2D eigenvalue weighted by molar-refractivity contribution is -0.540. The molecule has 2 aromatic heterocycles. The van der Waals surface area contributed by atoms with Gasteiger partial charge in [0.1, 0.15) is 0 Å². The molecule has 0 aliphatic heterocycles. The predicted molar refractivity (Wildman–Crippen MR) is 99.7 cm³/mol. The summed E-state index contributed by atoms with van der Waals surface area (Å²) in [6, 6.07) is 4.68. The zero-order valence-electron chi connectivity index (χ0n) is 16.0. The zero-order chi connectivity index (χ0) is 20.0. The first-order valence-corrected chi connectivity index (χ1v) is 8.58. The first kappa shape index (κ1) is 20.7. The maximum Gasteiger partial charge on any atom is 0.223 e. The van der Waals surface area contributed by atoms with Crippen molar-refractivity contribution < 1.29 is 19.2 Å². The molecule has 0 saturated heterocycles. The number of aromatic nitrogens is 2. The van der Waals surface area contributed by atoms with E-state index in [0.29, 0.717) is 0 Å². The number of rotatable bonds is 10. The van der Waals surface area contributed by atoms with Gasteiger partial charge in [-0.2, -0.15) is 0 Å². The Morgan fingerprint density at radius 3 is 2.44 bits per heavy atom. The average molecular weight is 375 g/mol. The SMILES string of the molecule is COC(OC)C(=O)CC(C)(C)C(Cc1cc(-c2ccncc2)c[nH]1)[N+](=O)[O-]. The summed E-state index contributed by atoms with van der Waals surface area (Å²) in [6.07, 6.45) is 4.34. The normalized spacial score (nSPS) is 12.9. The molecule has 0 aliphatic rings. The highest BCUT2D eigenvalue weighted by Crippen LogP contribution is 2.31. The van der Waals surface area contributed by atoms with Gasteiger partial charge in [-0.05, 0) is 29.3 Å². The second-order valence-corrected chi connectivity index (χ2v) is 7.09. The fraction of sp³-hybridized carbons (Fsp3) is 0.474. The minimum atomic E-state index is -1.01. The van der Waals surface area contributed by atoms with E-state index < -0.39 is 17.7 Å². The molecule has 1 unspecified atom stereocenters. The molecule has 2 heterocycles. The number of nitrogens with one attached hydrogen (secondary N) is 1. The Kier molecular flexibility index (Phi) is 6.81. The second kappa shape index (κ2) is 8.88. The molecule has 0 radical (unpaired) electrons. The molecule has 0 bridgehead atoms. The number of aromatic amines is 1. The first-order valence-electron chi connectivity index (χ1n) is 8.58. The number of nitrogens with zero attached hydrogens (tertiary/aromatic N) is 2. The van der Waals surface area contributed by atoms with Crippen molar-refractivity contribution >= 4 is 5.78 Å². The Bertz CT molecular complexity index is 769. The van der Waals surface area contributed by atoms with Crippen molar-refractivity contribution in [3.63, 3.8) is 0 Å². The highest BCUT2D eigenvalue weighted by Gasteiger charge is 2.42. The number of hydrogen-bond acceptors (Lipinski definition) is 6. The van der Waals surface area contributed by atoms with Crippen molar-refractivity contribution in [2.75, 3.05) is 14.2 Å². The third-order valence-electron chi connectivity index (χ3n) is 4.65. The molecule has 2 aromatic rings. The topological polar surface area (TPSA) is 107 Å². The number of ketones is 1. The Morgan fingerprint density at radius 2 is 1.89 bits per heavy atom. The van der Waals surface area contributed by atoms with E-state index in [4.69, 9.17) is 9.47 Å². The van der Waals surface area contributed by atoms with Gasteiger partial charge < -0.3 is 14.5 Å². The van der Waals surface area contributed by atoms with Crippen LogP contribution >= 0.6 is 0 Å². The van der Waals surface area contributed by atoms with E-state index in [1.54, 1.807) is 26.2 Å². The number of methoxy groups -OCH3 is 2. The molecule has 0 fully saturated rings. The monoisotopic (exact) mass is 375 g/mol. The summed E-state index contributed by atoms with van der Waals surface area (Å²) in [5, 5.41) is 11.7. The van der Waals surface area contributed by atoms with Crippen LogP contribution in [-0.4, -0.2) is 47.2 Å². The molecule has 27 heavy (non-hydrogen) atoms. The van der Waals surface area contributed by atoms with Crippen LogP contribution in [0.5, 0.6) is 0 Å². The minimum Gasteiger partial charge on any atom is -0.364 e. The Balaban J connectivity index is 2.16. The zero-order valence-corrected chi connectivity index (χ0v) is 16.0. The molecule has 0 spiro atoms. The molecule has 0 amide bonds. The van der Waals surface area contributed by atoms with Crippen LogP contribution in [0.2, 0.25) is 0 Å². The van der Waals surface area contributed by atoms with Gasteiger partial charge in [-0.15, -0.1) is 0 Å². The first-order chi connectivity index (χ1) is 12.8. The van der Waals surface area contributed by atoms with Crippen LogP contribution in [0.25, 0.3) is 11.1 Å². The van der Waals surface area contributed by atoms with Crippen molar-refractivity contribution in [3.8, 4) is 11.1 Å². The fourth-order valence-electron chi connectivity index (χ4n) is 3.12. The van der Waals surface area contributed by atoms with Crippen LogP contribution < -0.4 is 0 Å². The van der Waals surface area contributed by atoms with E-state index >= 15 is 0 Å². The lowest BCUT2D eigenvalue weighted by Crippen LogP contribution is -2.41. The minimum absolute atomic E-state index is 0.0249. The van der Waals surface area contributed by atoms with Crippen molar-refractivity contribution in [1.29, 1.82) is 0 Å². The molecule has 146 valence electrons. The number of hydrogen-bond donors (Lipinski definition) is 1. The summed E-state index contributed by atoms with van der Waals surface area (Å²) in [4.78, 5) is 30.8. The van der Waals surface area contributed by atoms with Gasteiger partial charge in [0.05, 0.1) is 6.42 Å². The number of ether oxygens (including phenoxy) is 2. The third kappa shape index (κ3) is 5.21. The average Bonchev–Trinajstić information content (AvgIpc) is 3.09. The summed E-state index contributed by atoms with van der Waals surface area (Å²) >= 11 is 0. The smallest absolute Gasteiger partial charge is 0.223 e. The summed E-state index contributed by atoms with van der Waals surface area (Å²) in [7, 11) is 2.73. The Morgan fingerprint density at radius 1 is 1.26 bits per heavy atom. The lowest BCUT2D eigenvalue weighted by atomic mass is 9.78. The molecule has 0 saturated carbocycles. The van der Waals surface area contributed by atoms with Crippen molar-refractivity contribution in [3.05, 3.63) is 52.6 Å². The van der Waals surface area contributed by atoms with Gasteiger partial charge in [0.2, 0.25) is 12.3 Å². The largest absolute Gasteiger partial charge is 0.364 e. The van der Waals surface area contributed by atoms with Crippen LogP contribution in [0.15, 0.2) is 36.8 Å². The van der Waals surface area contributed by atoms with E-state index in [2.05, 4.69) is 9.97 Å².